The zero-order valence-electron chi connectivity index (χ0n) is 11.3. The van der Waals surface area contributed by atoms with Crippen molar-refractivity contribution in [2.24, 2.45) is 0 Å². The van der Waals surface area contributed by atoms with Gasteiger partial charge >= 0.3 is 0 Å². The molecule has 104 valence electrons. The third kappa shape index (κ3) is 2.77. The van der Waals surface area contributed by atoms with Crippen LogP contribution in [0.5, 0.6) is 0 Å². The Morgan fingerprint density at radius 3 is 2.75 bits per heavy atom. The molecule has 4 nitrogen and oxygen atoms in total. The maximum Gasteiger partial charge on any atom is 0.263 e. The van der Waals surface area contributed by atoms with E-state index in [4.69, 9.17) is 0 Å². The molecule has 0 aliphatic rings. The summed E-state index contributed by atoms with van der Waals surface area (Å²) in [5.74, 6) is -0.695. The van der Waals surface area contributed by atoms with Crippen molar-refractivity contribution in [3.8, 4) is 0 Å². The fourth-order valence-corrected chi connectivity index (χ4v) is 1.97. The molecular formula is C15H15FN2O2. The molecule has 1 aromatic heterocycles. The third-order valence-electron chi connectivity index (χ3n) is 3.07. The average Bonchev–Trinajstić information content (AvgIpc) is 2.44. The second-order valence-corrected chi connectivity index (χ2v) is 4.52. The Balaban J connectivity index is 2.37. The molecule has 2 aromatic rings. The number of aromatic nitrogens is 1. The summed E-state index contributed by atoms with van der Waals surface area (Å²) >= 11 is 0. The van der Waals surface area contributed by atoms with Gasteiger partial charge in [0.05, 0.1) is 6.54 Å². The van der Waals surface area contributed by atoms with Crippen LogP contribution < -0.4 is 10.9 Å². The molecular weight excluding hydrogens is 259 g/mol. The van der Waals surface area contributed by atoms with Gasteiger partial charge in [0, 0.05) is 13.2 Å². The van der Waals surface area contributed by atoms with Gasteiger partial charge in [-0.25, -0.2) is 4.39 Å². The Bertz CT molecular complexity index is 707. The van der Waals surface area contributed by atoms with Gasteiger partial charge in [-0.1, -0.05) is 12.1 Å². The Kier molecular flexibility index (Phi) is 3.98. The number of hydrogen-bond donors (Lipinski definition) is 1. The molecule has 0 radical (unpaired) electrons. The number of amides is 1. The monoisotopic (exact) mass is 274 g/mol. The van der Waals surface area contributed by atoms with Gasteiger partial charge < -0.3 is 9.88 Å². The van der Waals surface area contributed by atoms with Crippen LogP contribution in [0.4, 0.5) is 4.39 Å². The van der Waals surface area contributed by atoms with E-state index in [-0.39, 0.29) is 16.9 Å². The van der Waals surface area contributed by atoms with Crippen LogP contribution in [0.3, 0.4) is 0 Å². The van der Waals surface area contributed by atoms with Crippen molar-refractivity contribution >= 4 is 5.91 Å². The average molecular weight is 274 g/mol. The number of benzene rings is 1. The first kappa shape index (κ1) is 14.0. The van der Waals surface area contributed by atoms with Gasteiger partial charge in [0.1, 0.15) is 11.4 Å². The molecule has 0 atom stereocenters. The largest absolute Gasteiger partial charge is 0.355 e. The molecule has 20 heavy (non-hydrogen) atoms. The van der Waals surface area contributed by atoms with Crippen molar-refractivity contribution < 1.29 is 9.18 Å². The lowest BCUT2D eigenvalue weighted by Crippen LogP contribution is -2.31. The van der Waals surface area contributed by atoms with E-state index in [2.05, 4.69) is 5.32 Å². The van der Waals surface area contributed by atoms with Crippen molar-refractivity contribution in [1.29, 1.82) is 0 Å². The van der Waals surface area contributed by atoms with Crippen LogP contribution in [0.2, 0.25) is 0 Å². The first-order valence-electron chi connectivity index (χ1n) is 6.19. The van der Waals surface area contributed by atoms with Gasteiger partial charge in [0.2, 0.25) is 0 Å². The van der Waals surface area contributed by atoms with E-state index in [0.717, 1.165) is 5.56 Å². The number of pyridine rings is 1. The number of carbonyl (C=O) groups excluding carboxylic acids is 1. The normalized spacial score (nSPS) is 10.3. The molecule has 0 saturated heterocycles. The van der Waals surface area contributed by atoms with Gasteiger partial charge in [-0.15, -0.1) is 0 Å². The molecule has 1 amide bonds. The van der Waals surface area contributed by atoms with Gasteiger partial charge in [0.15, 0.2) is 0 Å². The first-order chi connectivity index (χ1) is 9.52. The second kappa shape index (κ2) is 5.69. The molecule has 1 heterocycles. The minimum Gasteiger partial charge on any atom is -0.355 e. The summed E-state index contributed by atoms with van der Waals surface area (Å²) in [5, 5.41) is 2.43. The maximum atomic E-state index is 13.2. The summed E-state index contributed by atoms with van der Waals surface area (Å²) in [7, 11) is 1.47. The zero-order valence-corrected chi connectivity index (χ0v) is 11.3. The van der Waals surface area contributed by atoms with Gasteiger partial charge in [-0.05, 0) is 36.2 Å². The lowest BCUT2D eigenvalue weighted by molar-refractivity contribution is 0.0961. The van der Waals surface area contributed by atoms with E-state index in [0.29, 0.717) is 12.1 Å². The van der Waals surface area contributed by atoms with Crippen molar-refractivity contribution in [2.75, 3.05) is 7.05 Å². The lowest BCUT2D eigenvalue weighted by atomic mass is 10.1. The molecule has 0 bridgehead atoms. The number of hydrogen-bond acceptors (Lipinski definition) is 2. The van der Waals surface area contributed by atoms with Crippen molar-refractivity contribution in [3.05, 3.63) is 69.4 Å². The first-order valence-corrected chi connectivity index (χ1v) is 6.19. The fraction of sp³-hybridized carbons (Fsp3) is 0.200. The Hall–Kier alpha value is -2.43. The van der Waals surface area contributed by atoms with Gasteiger partial charge in [-0.3, -0.25) is 9.59 Å². The molecule has 0 fully saturated rings. The minimum absolute atomic E-state index is 0.0915. The Morgan fingerprint density at radius 1 is 1.35 bits per heavy atom. The van der Waals surface area contributed by atoms with E-state index in [1.54, 1.807) is 31.3 Å². The van der Waals surface area contributed by atoms with Crippen molar-refractivity contribution in [2.45, 2.75) is 13.5 Å². The molecule has 0 aliphatic carbocycles. The number of rotatable bonds is 3. The van der Waals surface area contributed by atoms with Gasteiger partial charge in [-0.2, -0.15) is 0 Å². The topological polar surface area (TPSA) is 51.1 Å². The molecule has 0 aliphatic heterocycles. The molecule has 0 saturated carbocycles. The van der Waals surface area contributed by atoms with Crippen molar-refractivity contribution in [1.82, 2.24) is 9.88 Å². The van der Waals surface area contributed by atoms with Crippen LogP contribution in [-0.4, -0.2) is 17.5 Å². The highest BCUT2D eigenvalue weighted by Crippen LogP contribution is 2.10. The number of carbonyl (C=O) groups is 1. The summed E-state index contributed by atoms with van der Waals surface area (Å²) < 4.78 is 14.6. The van der Waals surface area contributed by atoms with Crippen LogP contribution in [0.25, 0.3) is 0 Å². The number of halogens is 1. The summed E-state index contributed by atoms with van der Waals surface area (Å²) in [6, 6.07) is 7.81. The van der Waals surface area contributed by atoms with E-state index in [1.807, 2.05) is 0 Å². The Morgan fingerprint density at radius 2 is 2.10 bits per heavy atom. The lowest BCUT2D eigenvalue weighted by Gasteiger charge is -2.08. The highest BCUT2D eigenvalue weighted by Gasteiger charge is 2.10. The molecule has 5 heteroatoms. The quantitative estimate of drug-likeness (QED) is 0.926. The van der Waals surface area contributed by atoms with E-state index in [1.165, 1.54) is 23.7 Å². The summed E-state index contributed by atoms with van der Waals surface area (Å²) in [6.07, 6.45) is 1.60. The minimum atomic E-state index is -0.417. The number of nitrogens with one attached hydrogen (secondary N) is 1. The van der Waals surface area contributed by atoms with Gasteiger partial charge in [0.25, 0.3) is 11.5 Å². The van der Waals surface area contributed by atoms with E-state index >= 15 is 0 Å². The van der Waals surface area contributed by atoms with E-state index in [9.17, 15) is 14.0 Å². The molecule has 0 spiro atoms. The van der Waals surface area contributed by atoms with E-state index < -0.39 is 5.91 Å². The maximum absolute atomic E-state index is 13.2. The third-order valence-corrected chi connectivity index (χ3v) is 3.07. The predicted molar refractivity (Wildman–Crippen MR) is 74.3 cm³/mol. The molecule has 1 aromatic carbocycles. The number of nitrogens with zero attached hydrogens (tertiary/aromatic N) is 1. The highest BCUT2D eigenvalue weighted by atomic mass is 19.1. The van der Waals surface area contributed by atoms with Crippen LogP contribution in [-0.2, 0) is 6.54 Å². The van der Waals surface area contributed by atoms with Crippen molar-refractivity contribution in [3.63, 3.8) is 0 Å². The zero-order chi connectivity index (χ0) is 14.7. The molecule has 1 N–H and O–H groups in total. The van der Waals surface area contributed by atoms with Crippen LogP contribution in [0.1, 0.15) is 21.5 Å². The smallest absolute Gasteiger partial charge is 0.263 e. The second-order valence-electron chi connectivity index (χ2n) is 4.52. The van der Waals surface area contributed by atoms with Crippen LogP contribution >= 0.6 is 0 Å². The fourth-order valence-electron chi connectivity index (χ4n) is 1.97. The predicted octanol–water partition coefficient (Wildman–Crippen LogP) is 1.70. The van der Waals surface area contributed by atoms with Crippen LogP contribution in [0.15, 0.2) is 41.3 Å². The van der Waals surface area contributed by atoms with Crippen LogP contribution in [0, 0.1) is 12.7 Å². The standard InChI is InChI=1S/C15H15FN2O2/c1-10-8-11(5-6-13(10)16)9-18-7-3-4-12(15(18)20)14(19)17-2/h3-8H,9H2,1-2H3,(H,17,19). The SMILES string of the molecule is CNC(=O)c1cccn(Cc2ccc(F)c(C)c2)c1=O. The molecule has 2 rings (SSSR count). The molecule has 0 unspecified atom stereocenters. The number of aryl methyl sites for hydroxylation is 1. The summed E-state index contributed by atoms with van der Waals surface area (Å²) in [4.78, 5) is 23.7. The summed E-state index contributed by atoms with van der Waals surface area (Å²) in [5.41, 5.74) is 1.06. The highest BCUT2D eigenvalue weighted by molar-refractivity contribution is 5.93. The Labute approximate surface area is 115 Å². The summed E-state index contributed by atoms with van der Waals surface area (Å²) in [6.45, 7) is 1.97.